The van der Waals surface area contributed by atoms with Crippen molar-refractivity contribution in [2.75, 3.05) is 11.9 Å². The molecule has 138 valence electrons. The van der Waals surface area contributed by atoms with Crippen molar-refractivity contribution in [3.05, 3.63) is 58.1 Å². The van der Waals surface area contributed by atoms with Gasteiger partial charge in [-0.15, -0.1) is 0 Å². The van der Waals surface area contributed by atoms with E-state index in [1.807, 2.05) is 50.2 Å². The van der Waals surface area contributed by atoms with Gasteiger partial charge in [-0.05, 0) is 72.1 Å². The number of carbonyl (C=O) groups is 2. The molecule has 6 heteroatoms. The van der Waals surface area contributed by atoms with E-state index in [-0.39, 0.29) is 18.9 Å². The fraction of sp³-hybridized carbons (Fsp3) is 0.300. The molecule has 2 rings (SSSR count). The monoisotopic (exact) mass is 419 g/mol. The van der Waals surface area contributed by atoms with E-state index in [0.717, 1.165) is 15.6 Å². The molecule has 2 aromatic carbocycles. The van der Waals surface area contributed by atoms with Crippen LogP contribution in [0.3, 0.4) is 0 Å². The number of rotatable bonds is 7. The van der Waals surface area contributed by atoms with Crippen LogP contribution >= 0.6 is 15.9 Å². The van der Waals surface area contributed by atoms with E-state index in [9.17, 15) is 9.59 Å². The van der Waals surface area contributed by atoms with Crippen molar-refractivity contribution in [3.8, 4) is 5.75 Å². The number of esters is 1. The van der Waals surface area contributed by atoms with Gasteiger partial charge in [-0.3, -0.25) is 9.59 Å². The third kappa shape index (κ3) is 6.19. The molecule has 0 unspecified atom stereocenters. The SMILES string of the molecule is Cc1cccc(OCCC(=O)O[C@H](C)C(=O)Nc2ccc(C)cc2Br)c1. The number of anilines is 1. The van der Waals surface area contributed by atoms with Crippen molar-refractivity contribution in [3.63, 3.8) is 0 Å². The third-order valence-corrected chi connectivity index (χ3v) is 4.28. The molecule has 0 bridgehead atoms. The maximum Gasteiger partial charge on any atom is 0.310 e. The molecule has 0 saturated carbocycles. The smallest absolute Gasteiger partial charge is 0.310 e. The van der Waals surface area contributed by atoms with Crippen LogP contribution < -0.4 is 10.1 Å². The van der Waals surface area contributed by atoms with Crippen LogP contribution in [0, 0.1) is 13.8 Å². The average molecular weight is 420 g/mol. The molecule has 26 heavy (non-hydrogen) atoms. The van der Waals surface area contributed by atoms with Crippen molar-refractivity contribution >= 4 is 33.5 Å². The summed E-state index contributed by atoms with van der Waals surface area (Å²) >= 11 is 3.40. The minimum atomic E-state index is -0.894. The standard InChI is InChI=1S/C20H22BrNO4/c1-13-5-4-6-16(11-13)25-10-9-19(23)26-15(3)20(24)22-18-8-7-14(2)12-17(18)21/h4-8,11-12,15H,9-10H2,1-3H3,(H,22,24)/t15-/m1/s1. The number of carbonyl (C=O) groups excluding carboxylic acids is 2. The number of nitrogens with one attached hydrogen (secondary N) is 1. The normalized spacial score (nSPS) is 11.5. The third-order valence-electron chi connectivity index (χ3n) is 3.62. The van der Waals surface area contributed by atoms with Crippen LogP contribution in [0.4, 0.5) is 5.69 Å². The zero-order valence-electron chi connectivity index (χ0n) is 15.0. The van der Waals surface area contributed by atoms with E-state index in [1.165, 1.54) is 6.92 Å². The van der Waals surface area contributed by atoms with E-state index in [1.54, 1.807) is 6.07 Å². The molecular formula is C20H22BrNO4. The van der Waals surface area contributed by atoms with Crippen LogP contribution in [-0.2, 0) is 14.3 Å². The Labute approximate surface area is 161 Å². The highest BCUT2D eigenvalue weighted by atomic mass is 79.9. The fourth-order valence-corrected chi connectivity index (χ4v) is 2.82. The molecule has 1 N–H and O–H groups in total. The molecule has 1 atom stereocenters. The quantitative estimate of drug-likeness (QED) is 0.675. The largest absolute Gasteiger partial charge is 0.493 e. The lowest BCUT2D eigenvalue weighted by molar-refractivity contribution is -0.153. The number of benzene rings is 2. The summed E-state index contributed by atoms with van der Waals surface area (Å²) in [4.78, 5) is 24.1. The van der Waals surface area contributed by atoms with Gasteiger partial charge in [-0.25, -0.2) is 0 Å². The Kier molecular flexibility index (Phi) is 7.21. The Morgan fingerprint density at radius 3 is 2.54 bits per heavy atom. The van der Waals surface area contributed by atoms with Gasteiger partial charge in [-0.1, -0.05) is 18.2 Å². The minimum absolute atomic E-state index is 0.0692. The van der Waals surface area contributed by atoms with Crippen molar-refractivity contribution in [2.45, 2.75) is 33.3 Å². The molecule has 0 fully saturated rings. The number of aryl methyl sites for hydroxylation is 2. The summed E-state index contributed by atoms with van der Waals surface area (Å²) in [6.07, 6.45) is -0.825. The Balaban J connectivity index is 1.77. The number of halogens is 1. The van der Waals surface area contributed by atoms with Gasteiger partial charge < -0.3 is 14.8 Å². The Bertz CT molecular complexity index is 791. The van der Waals surface area contributed by atoms with Gasteiger partial charge in [0, 0.05) is 4.47 Å². The number of ether oxygens (including phenoxy) is 2. The number of hydrogen-bond donors (Lipinski definition) is 1. The summed E-state index contributed by atoms with van der Waals surface area (Å²) in [6.45, 7) is 5.66. The predicted molar refractivity (Wildman–Crippen MR) is 104 cm³/mol. The second kappa shape index (κ2) is 9.38. The molecule has 5 nitrogen and oxygen atoms in total. The molecule has 0 radical (unpaired) electrons. The van der Waals surface area contributed by atoms with Crippen molar-refractivity contribution in [1.82, 2.24) is 0 Å². The van der Waals surface area contributed by atoms with Crippen LogP contribution in [0.1, 0.15) is 24.5 Å². The van der Waals surface area contributed by atoms with Crippen LogP contribution in [0.25, 0.3) is 0 Å². The van der Waals surface area contributed by atoms with Gasteiger partial charge in [0.05, 0.1) is 18.7 Å². The lowest BCUT2D eigenvalue weighted by Crippen LogP contribution is -2.30. The lowest BCUT2D eigenvalue weighted by Gasteiger charge is -2.15. The molecule has 0 aliphatic rings. The predicted octanol–water partition coefficient (Wildman–Crippen LogP) is 4.41. The van der Waals surface area contributed by atoms with E-state index < -0.39 is 12.1 Å². The highest BCUT2D eigenvalue weighted by Gasteiger charge is 2.18. The van der Waals surface area contributed by atoms with Gasteiger partial charge >= 0.3 is 5.97 Å². The van der Waals surface area contributed by atoms with Crippen LogP contribution in [0.5, 0.6) is 5.75 Å². The highest BCUT2D eigenvalue weighted by Crippen LogP contribution is 2.23. The first-order valence-electron chi connectivity index (χ1n) is 8.31. The van der Waals surface area contributed by atoms with Crippen LogP contribution in [0.15, 0.2) is 46.9 Å². The van der Waals surface area contributed by atoms with E-state index >= 15 is 0 Å². The summed E-state index contributed by atoms with van der Waals surface area (Å²) in [5, 5.41) is 2.74. The molecule has 1 amide bonds. The maximum absolute atomic E-state index is 12.2. The molecule has 0 aliphatic carbocycles. The zero-order valence-corrected chi connectivity index (χ0v) is 16.6. The summed E-state index contributed by atoms with van der Waals surface area (Å²) < 4.78 is 11.5. The van der Waals surface area contributed by atoms with Crippen LogP contribution in [-0.4, -0.2) is 24.6 Å². The van der Waals surface area contributed by atoms with Gasteiger partial charge in [0.2, 0.25) is 0 Å². The van der Waals surface area contributed by atoms with Gasteiger partial charge in [0.15, 0.2) is 6.10 Å². The second-order valence-electron chi connectivity index (χ2n) is 6.02. The molecule has 0 heterocycles. The van der Waals surface area contributed by atoms with Crippen molar-refractivity contribution in [2.24, 2.45) is 0 Å². The average Bonchev–Trinajstić information content (AvgIpc) is 2.57. The summed E-state index contributed by atoms with van der Waals surface area (Å²) in [5.41, 5.74) is 2.78. The van der Waals surface area contributed by atoms with E-state index in [0.29, 0.717) is 11.4 Å². The lowest BCUT2D eigenvalue weighted by atomic mass is 10.2. The van der Waals surface area contributed by atoms with Crippen molar-refractivity contribution < 1.29 is 19.1 Å². The Hall–Kier alpha value is -2.34. The van der Waals surface area contributed by atoms with E-state index in [2.05, 4.69) is 21.2 Å². The highest BCUT2D eigenvalue weighted by molar-refractivity contribution is 9.10. The number of hydrogen-bond acceptors (Lipinski definition) is 4. The van der Waals surface area contributed by atoms with E-state index in [4.69, 9.17) is 9.47 Å². The van der Waals surface area contributed by atoms with Crippen molar-refractivity contribution in [1.29, 1.82) is 0 Å². The minimum Gasteiger partial charge on any atom is -0.493 e. The first-order valence-corrected chi connectivity index (χ1v) is 9.10. The Morgan fingerprint density at radius 2 is 1.85 bits per heavy atom. The van der Waals surface area contributed by atoms with Gasteiger partial charge in [0.25, 0.3) is 5.91 Å². The second-order valence-corrected chi connectivity index (χ2v) is 6.87. The Morgan fingerprint density at radius 1 is 1.12 bits per heavy atom. The molecule has 2 aromatic rings. The van der Waals surface area contributed by atoms with Gasteiger partial charge in [0.1, 0.15) is 5.75 Å². The maximum atomic E-state index is 12.2. The first kappa shape index (κ1) is 20.0. The number of amides is 1. The molecule has 0 saturated heterocycles. The summed E-state index contributed by atoms with van der Waals surface area (Å²) in [5.74, 6) is -0.168. The molecule has 0 aromatic heterocycles. The first-order chi connectivity index (χ1) is 12.3. The van der Waals surface area contributed by atoms with Gasteiger partial charge in [-0.2, -0.15) is 0 Å². The summed E-state index contributed by atoms with van der Waals surface area (Å²) in [7, 11) is 0. The molecule has 0 aliphatic heterocycles. The summed E-state index contributed by atoms with van der Waals surface area (Å²) in [6, 6.07) is 13.2. The molecular weight excluding hydrogens is 398 g/mol. The topological polar surface area (TPSA) is 64.6 Å². The zero-order chi connectivity index (χ0) is 19.1. The van der Waals surface area contributed by atoms with Crippen LogP contribution in [0.2, 0.25) is 0 Å². The fourth-order valence-electron chi connectivity index (χ4n) is 2.22. The molecule has 0 spiro atoms.